The Kier molecular flexibility index (Phi) is 3.81. The zero-order chi connectivity index (χ0) is 11.4. The van der Waals surface area contributed by atoms with Crippen LogP contribution in [0.1, 0.15) is 22.2 Å². The normalized spacial score (nSPS) is 13.1. The fourth-order valence-corrected chi connectivity index (χ4v) is 4.12. The van der Waals surface area contributed by atoms with Crippen molar-refractivity contribution in [3.8, 4) is 0 Å². The minimum Gasteiger partial charge on any atom is -0.175 e. The Morgan fingerprint density at radius 1 is 0.938 bits per heavy atom. The van der Waals surface area contributed by atoms with Crippen LogP contribution in [0.25, 0.3) is 0 Å². The van der Waals surface area contributed by atoms with Crippen molar-refractivity contribution in [2.45, 2.75) is 12.5 Å². The highest BCUT2D eigenvalue weighted by atomic mass is 35.6. The Labute approximate surface area is 104 Å². The molecule has 0 aromatic heterocycles. The van der Waals surface area contributed by atoms with E-state index >= 15 is 0 Å². The molecule has 0 N–H and O–H groups in total. The summed E-state index contributed by atoms with van der Waals surface area (Å²) >= 11 is 6.25. The number of hydrogen-bond acceptors (Lipinski definition) is 0. The van der Waals surface area contributed by atoms with Gasteiger partial charge in [0.25, 0.3) is 0 Å². The topological polar surface area (TPSA) is 0 Å². The number of benzene rings is 2. The van der Waals surface area contributed by atoms with Crippen molar-refractivity contribution < 1.29 is 0 Å². The molecular formula is C14H15ClSi. The summed E-state index contributed by atoms with van der Waals surface area (Å²) in [5.41, 5.74) is 4.50. The fraction of sp³-hybridized carbons (Fsp3) is 0.143. The molecular weight excluding hydrogens is 232 g/mol. The summed E-state index contributed by atoms with van der Waals surface area (Å²) < 4.78 is 0. The second-order valence-corrected chi connectivity index (χ2v) is 6.03. The van der Waals surface area contributed by atoms with Gasteiger partial charge >= 0.3 is 0 Å². The van der Waals surface area contributed by atoms with E-state index in [0.29, 0.717) is 5.54 Å². The van der Waals surface area contributed by atoms with Crippen molar-refractivity contribution in [3.63, 3.8) is 0 Å². The lowest BCUT2D eigenvalue weighted by Crippen LogP contribution is -2.07. The molecule has 2 heteroatoms. The van der Waals surface area contributed by atoms with Gasteiger partial charge in [-0.25, -0.2) is 0 Å². The lowest BCUT2D eigenvalue weighted by molar-refractivity contribution is 1.10. The third kappa shape index (κ3) is 2.37. The van der Waals surface area contributed by atoms with Crippen molar-refractivity contribution in [3.05, 3.63) is 71.3 Å². The van der Waals surface area contributed by atoms with Crippen LogP contribution in [0.2, 0.25) is 0 Å². The smallest absolute Gasteiger partial charge is 0.137 e. The SMILES string of the molecule is Cc1ccccc1C([SiH2]Cl)c1ccccc1. The first kappa shape index (κ1) is 11.4. The molecule has 0 nitrogen and oxygen atoms in total. The Morgan fingerprint density at radius 3 is 2.19 bits per heavy atom. The maximum atomic E-state index is 6.25. The standard InChI is InChI=1S/C14H15ClSi/c1-11-7-5-6-10-13(11)14(16-15)12-8-3-2-4-9-12/h2-10,14H,16H2,1H3. The summed E-state index contributed by atoms with van der Waals surface area (Å²) in [5, 5.41) is 0. The van der Waals surface area contributed by atoms with Crippen LogP contribution >= 0.6 is 11.1 Å². The van der Waals surface area contributed by atoms with E-state index in [9.17, 15) is 0 Å². The molecule has 0 amide bonds. The van der Waals surface area contributed by atoms with Crippen LogP contribution in [0.4, 0.5) is 0 Å². The second-order valence-electron chi connectivity index (χ2n) is 3.97. The van der Waals surface area contributed by atoms with Gasteiger partial charge < -0.3 is 0 Å². The van der Waals surface area contributed by atoms with E-state index in [-0.39, 0.29) is 0 Å². The molecule has 1 unspecified atom stereocenters. The van der Waals surface area contributed by atoms with E-state index < -0.39 is 8.83 Å². The Hall–Kier alpha value is -1.05. The maximum Gasteiger partial charge on any atom is 0.137 e. The zero-order valence-corrected chi connectivity index (χ0v) is 11.5. The summed E-state index contributed by atoms with van der Waals surface area (Å²) in [4.78, 5) is 0. The molecule has 2 aromatic carbocycles. The third-order valence-corrected chi connectivity index (χ3v) is 5.07. The minimum absolute atomic E-state index is 0.434. The van der Waals surface area contributed by atoms with Crippen LogP contribution < -0.4 is 0 Å². The largest absolute Gasteiger partial charge is 0.175 e. The van der Waals surface area contributed by atoms with Crippen molar-refractivity contribution >= 4 is 19.9 Å². The average molecular weight is 247 g/mol. The third-order valence-electron chi connectivity index (χ3n) is 2.92. The molecule has 0 aliphatic carbocycles. The molecule has 0 aliphatic heterocycles. The lowest BCUT2D eigenvalue weighted by atomic mass is 10.00. The molecule has 0 aliphatic rings. The number of aryl methyl sites for hydroxylation is 1. The first-order valence-corrected chi connectivity index (χ1v) is 8.45. The minimum atomic E-state index is -0.618. The lowest BCUT2D eigenvalue weighted by Gasteiger charge is -2.16. The molecule has 2 aromatic rings. The van der Waals surface area contributed by atoms with Gasteiger partial charge in [-0.2, -0.15) is 11.1 Å². The number of hydrogen-bond donors (Lipinski definition) is 0. The summed E-state index contributed by atoms with van der Waals surface area (Å²) in [5.74, 6) is 0. The predicted molar refractivity (Wildman–Crippen MR) is 73.9 cm³/mol. The Bertz CT molecular complexity index is 453. The van der Waals surface area contributed by atoms with E-state index in [1.807, 2.05) is 6.07 Å². The number of halogens is 1. The van der Waals surface area contributed by atoms with Crippen LogP contribution in [0.5, 0.6) is 0 Å². The van der Waals surface area contributed by atoms with E-state index in [1.165, 1.54) is 16.7 Å². The van der Waals surface area contributed by atoms with Gasteiger partial charge in [-0.05, 0) is 23.6 Å². The van der Waals surface area contributed by atoms with Crippen molar-refractivity contribution in [1.29, 1.82) is 0 Å². The molecule has 0 fully saturated rings. The molecule has 16 heavy (non-hydrogen) atoms. The van der Waals surface area contributed by atoms with Crippen LogP contribution in [0, 0.1) is 6.92 Å². The quantitative estimate of drug-likeness (QED) is 0.575. The van der Waals surface area contributed by atoms with E-state index in [0.717, 1.165) is 0 Å². The molecule has 1 atom stereocenters. The van der Waals surface area contributed by atoms with Gasteiger partial charge in [0.2, 0.25) is 0 Å². The molecule has 0 heterocycles. The van der Waals surface area contributed by atoms with E-state index in [1.54, 1.807) is 0 Å². The summed E-state index contributed by atoms with van der Waals surface area (Å²) in [6.45, 7) is 2.16. The van der Waals surface area contributed by atoms with Crippen LogP contribution in [-0.4, -0.2) is 8.83 Å². The monoisotopic (exact) mass is 246 g/mol. The molecule has 2 rings (SSSR count). The van der Waals surface area contributed by atoms with Gasteiger partial charge in [0, 0.05) is 5.54 Å². The van der Waals surface area contributed by atoms with E-state index in [4.69, 9.17) is 11.1 Å². The summed E-state index contributed by atoms with van der Waals surface area (Å²) in [7, 11) is -0.618. The maximum absolute atomic E-state index is 6.25. The van der Waals surface area contributed by atoms with E-state index in [2.05, 4.69) is 55.5 Å². The Morgan fingerprint density at radius 2 is 1.56 bits per heavy atom. The first-order chi connectivity index (χ1) is 7.83. The first-order valence-electron chi connectivity index (χ1n) is 5.49. The Balaban J connectivity index is 2.41. The molecule has 0 saturated heterocycles. The summed E-state index contributed by atoms with van der Waals surface area (Å²) in [6, 6.07) is 19.1. The molecule has 82 valence electrons. The molecule has 0 spiro atoms. The summed E-state index contributed by atoms with van der Waals surface area (Å²) in [6.07, 6.45) is 0. The molecule has 0 bridgehead atoms. The average Bonchev–Trinajstić information content (AvgIpc) is 2.34. The van der Waals surface area contributed by atoms with Crippen LogP contribution in [0.3, 0.4) is 0 Å². The number of rotatable bonds is 3. The van der Waals surface area contributed by atoms with Gasteiger partial charge in [-0.1, -0.05) is 54.6 Å². The van der Waals surface area contributed by atoms with Gasteiger partial charge in [0.1, 0.15) is 8.83 Å². The van der Waals surface area contributed by atoms with Crippen molar-refractivity contribution in [2.75, 3.05) is 0 Å². The van der Waals surface area contributed by atoms with Crippen molar-refractivity contribution in [1.82, 2.24) is 0 Å². The van der Waals surface area contributed by atoms with Gasteiger partial charge in [-0.3, -0.25) is 0 Å². The second kappa shape index (κ2) is 5.33. The van der Waals surface area contributed by atoms with Crippen LogP contribution in [0.15, 0.2) is 54.6 Å². The van der Waals surface area contributed by atoms with Gasteiger partial charge in [0.05, 0.1) is 0 Å². The molecule has 0 saturated carbocycles. The van der Waals surface area contributed by atoms with Gasteiger partial charge in [0.15, 0.2) is 0 Å². The zero-order valence-electron chi connectivity index (χ0n) is 9.36. The van der Waals surface area contributed by atoms with Crippen LogP contribution in [-0.2, 0) is 0 Å². The molecule has 0 radical (unpaired) electrons. The highest BCUT2D eigenvalue weighted by molar-refractivity contribution is 6.94. The fourth-order valence-electron chi connectivity index (χ4n) is 2.01. The highest BCUT2D eigenvalue weighted by Crippen LogP contribution is 2.26. The highest BCUT2D eigenvalue weighted by Gasteiger charge is 2.14. The van der Waals surface area contributed by atoms with Gasteiger partial charge in [-0.15, -0.1) is 0 Å². The predicted octanol–water partition coefficient (Wildman–Crippen LogP) is 3.41. The van der Waals surface area contributed by atoms with Crippen molar-refractivity contribution in [2.24, 2.45) is 0 Å².